The Labute approximate surface area is 116 Å². The van der Waals surface area contributed by atoms with E-state index in [1.807, 2.05) is 31.2 Å². The van der Waals surface area contributed by atoms with Crippen LogP contribution < -0.4 is 10.1 Å². The first kappa shape index (κ1) is 13.4. The van der Waals surface area contributed by atoms with Gasteiger partial charge in [0.25, 0.3) is 0 Å². The summed E-state index contributed by atoms with van der Waals surface area (Å²) in [5.74, 6) is 1.46. The molecule has 4 heteroatoms. The van der Waals surface area contributed by atoms with Crippen molar-refractivity contribution in [2.75, 3.05) is 7.11 Å². The van der Waals surface area contributed by atoms with Crippen LogP contribution in [0.4, 0.5) is 0 Å². The zero-order valence-corrected chi connectivity index (χ0v) is 12.2. The summed E-state index contributed by atoms with van der Waals surface area (Å²) in [6.45, 7) is 1.84. The van der Waals surface area contributed by atoms with E-state index in [0.29, 0.717) is 5.92 Å². The predicted octanol–water partition coefficient (Wildman–Crippen LogP) is 3.05. The number of benzene rings is 1. The number of amides is 1. The highest BCUT2D eigenvalue weighted by Crippen LogP contribution is 2.41. The van der Waals surface area contributed by atoms with E-state index in [1.165, 1.54) is 12.8 Å². The molecule has 0 saturated heterocycles. The number of nitrogens with one attached hydrogen (secondary N) is 1. The fourth-order valence-electron chi connectivity index (χ4n) is 1.98. The molecule has 0 aromatic heterocycles. The monoisotopic (exact) mass is 311 g/mol. The number of rotatable bonds is 5. The van der Waals surface area contributed by atoms with E-state index in [4.69, 9.17) is 4.74 Å². The van der Waals surface area contributed by atoms with Crippen molar-refractivity contribution in [1.82, 2.24) is 5.32 Å². The number of hydrogen-bond acceptors (Lipinski definition) is 2. The SMILES string of the molecule is COc1ccc(C(NC(=O)C(C)Br)C2CC2)cc1. The third kappa shape index (κ3) is 3.25. The van der Waals surface area contributed by atoms with Gasteiger partial charge in [-0.1, -0.05) is 28.1 Å². The number of carbonyl (C=O) groups is 1. The smallest absolute Gasteiger partial charge is 0.233 e. The Morgan fingerprint density at radius 2 is 2.00 bits per heavy atom. The summed E-state index contributed by atoms with van der Waals surface area (Å²) in [5, 5.41) is 3.11. The van der Waals surface area contributed by atoms with Gasteiger partial charge in [-0.2, -0.15) is 0 Å². The minimum atomic E-state index is -0.156. The van der Waals surface area contributed by atoms with Crippen LogP contribution in [-0.4, -0.2) is 17.8 Å². The van der Waals surface area contributed by atoms with Crippen molar-refractivity contribution in [1.29, 1.82) is 0 Å². The highest BCUT2D eigenvalue weighted by Gasteiger charge is 2.33. The molecule has 1 aromatic rings. The van der Waals surface area contributed by atoms with Crippen LogP contribution in [0.5, 0.6) is 5.75 Å². The Bertz CT molecular complexity index is 412. The average Bonchev–Trinajstić information content (AvgIpc) is 3.20. The van der Waals surface area contributed by atoms with Crippen LogP contribution in [0.15, 0.2) is 24.3 Å². The molecule has 1 aliphatic carbocycles. The molecule has 2 unspecified atom stereocenters. The van der Waals surface area contributed by atoms with E-state index in [9.17, 15) is 4.79 Å². The van der Waals surface area contributed by atoms with Gasteiger partial charge >= 0.3 is 0 Å². The molecule has 1 N–H and O–H groups in total. The van der Waals surface area contributed by atoms with Crippen molar-refractivity contribution in [3.05, 3.63) is 29.8 Å². The quantitative estimate of drug-likeness (QED) is 0.849. The standard InChI is InChI=1S/C14H18BrNO2/c1-9(15)14(17)16-13(10-3-4-10)11-5-7-12(18-2)8-6-11/h5-10,13H,3-4H2,1-2H3,(H,16,17). The lowest BCUT2D eigenvalue weighted by Crippen LogP contribution is -2.34. The fourth-order valence-corrected chi connectivity index (χ4v) is 2.11. The molecule has 1 saturated carbocycles. The Hall–Kier alpha value is -1.03. The lowest BCUT2D eigenvalue weighted by molar-refractivity contribution is -0.121. The molecule has 98 valence electrons. The largest absolute Gasteiger partial charge is 0.497 e. The number of ether oxygens (including phenoxy) is 1. The summed E-state index contributed by atoms with van der Waals surface area (Å²) in [6, 6.07) is 8.06. The van der Waals surface area contributed by atoms with Gasteiger partial charge in [0, 0.05) is 0 Å². The van der Waals surface area contributed by atoms with Crippen molar-refractivity contribution in [3.63, 3.8) is 0 Å². The number of carbonyl (C=O) groups excluding carboxylic acids is 1. The molecular weight excluding hydrogens is 294 g/mol. The topological polar surface area (TPSA) is 38.3 Å². The maximum atomic E-state index is 11.8. The van der Waals surface area contributed by atoms with Crippen molar-refractivity contribution >= 4 is 21.8 Å². The second-order valence-electron chi connectivity index (χ2n) is 4.71. The summed E-state index contributed by atoms with van der Waals surface area (Å²) < 4.78 is 5.15. The average molecular weight is 312 g/mol. The van der Waals surface area contributed by atoms with Gasteiger partial charge in [0.05, 0.1) is 18.0 Å². The van der Waals surface area contributed by atoms with Crippen LogP contribution in [0.3, 0.4) is 0 Å². The van der Waals surface area contributed by atoms with Gasteiger partial charge in [-0.15, -0.1) is 0 Å². The molecule has 0 aliphatic heterocycles. The molecule has 2 rings (SSSR count). The zero-order chi connectivity index (χ0) is 13.1. The summed E-state index contributed by atoms with van der Waals surface area (Å²) in [6.07, 6.45) is 2.38. The maximum absolute atomic E-state index is 11.8. The first-order chi connectivity index (χ1) is 8.61. The number of halogens is 1. The number of alkyl halides is 1. The molecule has 0 radical (unpaired) electrons. The molecule has 1 amide bonds. The van der Waals surface area contributed by atoms with E-state index < -0.39 is 0 Å². The van der Waals surface area contributed by atoms with Gasteiger partial charge in [-0.25, -0.2) is 0 Å². The molecule has 1 fully saturated rings. The Balaban J connectivity index is 2.11. The lowest BCUT2D eigenvalue weighted by atomic mass is 10.0. The van der Waals surface area contributed by atoms with Crippen molar-refractivity contribution in [2.45, 2.75) is 30.6 Å². The number of methoxy groups -OCH3 is 1. The van der Waals surface area contributed by atoms with Crippen LogP contribution in [0.25, 0.3) is 0 Å². The molecule has 1 aliphatic rings. The Morgan fingerprint density at radius 1 is 1.39 bits per heavy atom. The van der Waals surface area contributed by atoms with Crippen molar-refractivity contribution in [3.8, 4) is 5.75 Å². The third-order valence-corrected chi connectivity index (χ3v) is 3.64. The lowest BCUT2D eigenvalue weighted by Gasteiger charge is -2.20. The van der Waals surface area contributed by atoms with Crippen LogP contribution in [0, 0.1) is 5.92 Å². The minimum absolute atomic E-state index is 0.0442. The number of hydrogen-bond donors (Lipinski definition) is 1. The van der Waals surface area contributed by atoms with Crippen LogP contribution in [-0.2, 0) is 4.79 Å². The Morgan fingerprint density at radius 3 is 2.44 bits per heavy atom. The minimum Gasteiger partial charge on any atom is -0.497 e. The van der Waals surface area contributed by atoms with E-state index in [2.05, 4.69) is 21.2 Å². The summed E-state index contributed by atoms with van der Waals surface area (Å²) >= 11 is 3.30. The van der Waals surface area contributed by atoms with Gasteiger partial charge in [0.1, 0.15) is 5.75 Å². The molecule has 18 heavy (non-hydrogen) atoms. The molecule has 3 nitrogen and oxygen atoms in total. The third-order valence-electron chi connectivity index (χ3n) is 3.23. The first-order valence-electron chi connectivity index (χ1n) is 6.20. The molecule has 0 heterocycles. The fraction of sp³-hybridized carbons (Fsp3) is 0.500. The first-order valence-corrected chi connectivity index (χ1v) is 7.11. The van der Waals surface area contributed by atoms with E-state index in [1.54, 1.807) is 7.11 Å². The highest BCUT2D eigenvalue weighted by atomic mass is 79.9. The van der Waals surface area contributed by atoms with E-state index >= 15 is 0 Å². The van der Waals surface area contributed by atoms with Gasteiger partial charge in [0.2, 0.25) is 5.91 Å². The van der Waals surface area contributed by atoms with Crippen molar-refractivity contribution in [2.24, 2.45) is 5.92 Å². The van der Waals surface area contributed by atoms with Gasteiger partial charge < -0.3 is 10.1 Å². The molecule has 0 spiro atoms. The zero-order valence-electron chi connectivity index (χ0n) is 10.7. The molecule has 2 atom stereocenters. The van der Waals surface area contributed by atoms with Crippen molar-refractivity contribution < 1.29 is 9.53 Å². The normalized spacial score (nSPS) is 17.9. The molecule has 0 bridgehead atoms. The summed E-state index contributed by atoms with van der Waals surface area (Å²) in [5.41, 5.74) is 1.15. The van der Waals surface area contributed by atoms with Crippen LogP contribution >= 0.6 is 15.9 Å². The molecular formula is C14H18BrNO2. The van der Waals surface area contributed by atoms with Gasteiger partial charge in [-0.05, 0) is 43.4 Å². The van der Waals surface area contributed by atoms with E-state index in [-0.39, 0.29) is 16.8 Å². The van der Waals surface area contributed by atoms with Gasteiger partial charge in [0.15, 0.2) is 0 Å². The summed E-state index contributed by atoms with van der Waals surface area (Å²) in [7, 11) is 1.65. The second-order valence-corrected chi connectivity index (χ2v) is 6.09. The highest BCUT2D eigenvalue weighted by molar-refractivity contribution is 9.10. The van der Waals surface area contributed by atoms with Crippen LogP contribution in [0.1, 0.15) is 31.4 Å². The molecule has 1 aromatic carbocycles. The van der Waals surface area contributed by atoms with E-state index in [0.717, 1.165) is 11.3 Å². The Kier molecular flexibility index (Phi) is 4.27. The predicted molar refractivity (Wildman–Crippen MR) is 75.0 cm³/mol. The van der Waals surface area contributed by atoms with Gasteiger partial charge in [-0.3, -0.25) is 4.79 Å². The van der Waals surface area contributed by atoms with Crippen LogP contribution in [0.2, 0.25) is 0 Å². The summed E-state index contributed by atoms with van der Waals surface area (Å²) in [4.78, 5) is 11.6. The maximum Gasteiger partial charge on any atom is 0.233 e. The second kappa shape index (κ2) is 5.74.